The summed E-state index contributed by atoms with van der Waals surface area (Å²) in [6, 6.07) is 0. The molecule has 0 radical (unpaired) electrons. The van der Waals surface area contributed by atoms with Crippen molar-refractivity contribution in [2.24, 2.45) is 0 Å². The van der Waals surface area contributed by atoms with Crippen molar-refractivity contribution in [1.29, 1.82) is 0 Å². The maximum atomic E-state index is 10.9. The van der Waals surface area contributed by atoms with Crippen LogP contribution in [-0.2, 0) is 10.2 Å². The molecule has 0 spiro atoms. The lowest BCUT2D eigenvalue weighted by Gasteiger charge is -2.01. The molecule has 5 heteroatoms. The minimum absolute atomic E-state index is 0.304. The van der Waals surface area contributed by atoms with E-state index >= 15 is 0 Å². The molecule has 0 aromatic heterocycles. The standard InChI is InChI=1S/C5H10N2O2S/c1-2-3-6-10(8,9)7-4-5-7/h2,6H,1,3-5H2. The zero-order chi connectivity index (χ0) is 7.61. The Hall–Kier alpha value is -0.390. The molecule has 1 fully saturated rings. The first kappa shape index (κ1) is 7.71. The summed E-state index contributed by atoms with van der Waals surface area (Å²) in [7, 11) is -3.14. The van der Waals surface area contributed by atoms with Crippen molar-refractivity contribution in [1.82, 2.24) is 9.03 Å². The minimum Gasteiger partial charge on any atom is -0.198 e. The highest BCUT2D eigenvalue weighted by atomic mass is 32.2. The Morgan fingerprint density at radius 2 is 2.20 bits per heavy atom. The van der Waals surface area contributed by atoms with E-state index in [2.05, 4.69) is 11.3 Å². The molecule has 10 heavy (non-hydrogen) atoms. The molecule has 1 heterocycles. The van der Waals surface area contributed by atoms with Gasteiger partial charge in [-0.3, -0.25) is 0 Å². The van der Waals surface area contributed by atoms with Crippen LogP contribution < -0.4 is 4.72 Å². The van der Waals surface area contributed by atoms with Gasteiger partial charge in [0.05, 0.1) is 0 Å². The number of nitrogens with zero attached hydrogens (tertiary/aromatic N) is 1. The number of hydrogen-bond acceptors (Lipinski definition) is 2. The Balaban J connectivity index is 2.43. The minimum atomic E-state index is -3.14. The summed E-state index contributed by atoms with van der Waals surface area (Å²) in [5.74, 6) is 0. The molecule has 1 N–H and O–H groups in total. The van der Waals surface area contributed by atoms with E-state index in [1.54, 1.807) is 0 Å². The van der Waals surface area contributed by atoms with Crippen LogP contribution >= 0.6 is 0 Å². The molecule has 1 saturated heterocycles. The average Bonchev–Trinajstić information content (AvgIpc) is 2.64. The van der Waals surface area contributed by atoms with E-state index in [-0.39, 0.29) is 0 Å². The van der Waals surface area contributed by atoms with Crippen molar-refractivity contribution in [3.8, 4) is 0 Å². The molecule has 1 rings (SSSR count). The SMILES string of the molecule is C=CCNS(=O)(=O)N1CC1. The Kier molecular flexibility index (Phi) is 2.08. The maximum absolute atomic E-state index is 10.9. The fourth-order valence-electron chi connectivity index (χ4n) is 0.537. The van der Waals surface area contributed by atoms with Crippen LogP contribution in [0.5, 0.6) is 0 Å². The number of nitrogens with one attached hydrogen (secondary N) is 1. The predicted octanol–water partition coefficient (Wildman–Crippen LogP) is -0.678. The summed E-state index contributed by atoms with van der Waals surface area (Å²) in [6.45, 7) is 4.99. The Bertz CT molecular complexity index is 218. The van der Waals surface area contributed by atoms with Gasteiger partial charge >= 0.3 is 0 Å². The van der Waals surface area contributed by atoms with Crippen LogP contribution in [-0.4, -0.2) is 32.4 Å². The van der Waals surface area contributed by atoms with Crippen LogP contribution in [0.4, 0.5) is 0 Å². The molecular weight excluding hydrogens is 152 g/mol. The van der Waals surface area contributed by atoms with Gasteiger partial charge < -0.3 is 0 Å². The predicted molar refractivity (Wildman–Crippen MR) is 38.7 cm³/mol. The molecular formula is C5H10N2O2S. The molecule has 0 bridgehead atoms. The summed E-state index contributed by atoms with van der Waals surface area (Å²) in [6.07, 6.45) is 1.51. The fourth-order valence-corrected chi connectivity index (χ4v) is 1.61. The molecule has 0 atom stereocenters. The van der Waals surface area contributed by atoms with E-state index in [4.69, 9.17) is 0 Å². The maximum Gasteiger partial charge on any atom is 0.279 e. The third kappa shape index (κ3) is 1.80. The van der Waals surface area contributed by atoms with E-state index in [9.17, 15) is 8.42 Å². The lowest BCUT2D eigenvalue weighted by atomic mass is 10.7. The highest BCUT2D eigenvalue weighted by Crippen LogP contribution is 2.08. The van der Waals surface area contributed by atoms with Gasteiger partial charge in [-0.25, -0.2) is 0 Å². The topological polar surface area (TPSA) is 49.2 Å². The van der Waals surface area contributed by atoms with E-state index in [1.165, 1.54) is 10.4 Å². The highest BCUT2D eigenvalue weighted by Gasteiger charge is 2.30. The summed E-state index contributed by atoms with van der Waals surface area (Å²) in [5, 5.41) is 0. The van der Waals surface area contributed by atoms with Crippen molar-refractivity contribution in [2.75, 3.05) is 19.6 Å². The van der Waals surface area contributed by atoms with Crippen LogP contribution in [0, 0.1) is 0 Å². The second-order valence-corrected chi connectivity index (χ2v) is 3.80. The third-order valence-electron chi connectivity index (χ3n) is 1.16. The number of rotatable bonds is 4. The molecule has 1 aliphatic heterocycles. The quantitative estimate of drug-likeness (QED) is 0.440. The van der Waals surface area contributed by atoms with Crippen LogP contribution in [0.1, 0.15) is 0 Å². The summed E-state index contributed by atoms with van der Waals surface area (Å²) < 4.78 is 25.5. The van der Waals surface area contributed by atoms with Gasteiger partial charge in [0, 0.05) is 19.6 Å². The molecule has 0 aromatic carbocycles. The second kappa shape index (κ2) is 2.69. The zero-order valence-corrected chi connectivity index (χ0v) is 6.39. The van der Waals surface area contributed by atoms with Crippen LogP contribution in [0.3, 0.4) is 0 Å². The van der Waals surface area contributed by atoms with Gasteiger partial charge in [0.1, 0.15) is 0 Å². The zero-order valence-electron chi connectivity index (χ0n) is 5.58. The first-order chi connectivity index (χ1) is 4.67. The molecule has 0 aromatic rings. The molecule has 0 amide bonds. The summed E-state index contributed by atoms with van der Waals surface area (Å²) in [4.78, 5) is 0. The molecule has 0 aliphatic carbocycles. The molecule has 58 valence electrons. The first-order valence-corrected chi connectivity index (χ1v) is 4.46. The van der Waals surface area contributed by atoms with Crippen LogP contribution in [0.25, 0.3) is 0 Å². The summed E-state index contributed by atoms with van der Waals surface area (Å²) in [5.41, 5.74) is 0. The largest absolute Gasteiger partial charge is 0.279 e. The normalized spacial score (nSPS) is 18.8. The van der Waals surface area contributed by atoms with Crippen molar-refractivity contribution in [3.63, 3.8) is 0 Å². The second-order valence-electron chi connectivity index (χ2n) is 2.04. The first-order valence-electron chi connectivity index (χ1n) is 3.02. The van der Waals surface area contributed by atoms with Gasteiger partial charge in [-0.05, 0) is 0 Å². The van der Waals surface area contributed by atoms with Crippen molar-refractivity contribution >= 4 is 10.2 Å². The van der Waals surface area contributed by atoms with E-state index < -0.39 is 10.2 Å². The van der Waals surface area contributed by atoms with Crippen molar-refractivity contribution < 1.29 is 8.42 Å². The Morgan fingerprint density at radius 3 is 2.60 bits per heavy atom. The lowest BCUT2D eigenvalue weighted by Crippen LogP contribution is -2.29. The molecule has 0 saturated carbocycles. The summed E-state index contributed by atoms with van der Waals surface area (Å²) >= 11 is 0. The fraction of sp³-hybridized carbons (Fsp3) is 0.600. The smallest absolute Gasteiger partial charge is 0.198 e. The van der Waals surface area contributed by atoms with Gasteiger partial charge in [0.2, 0.25) is 0 Å². The van der Waals surface area contributed by atoms with E-state index in [1.807, 2.05) is 0 Å². The molecule has 4 nitrogen and oxygen atoms in total. The molecule has 1 aliphatic rings. The third-order valence-corrected chi connectivity index (χ3v) is 2.73. The highest BCUT2D eigenvalue weighted by molar-refractivity contribution is 7.87. The van der Waals surface area contributed by atoms with Gasteiger partial charge in [0.15, 0.2) is 0 Å². The lowest BCUT2D eigenvalue weighted by molar-refractivity contribution is 0.551. The van der Waals surface area contributed by atoms with Gasteiger partial charge in [0.25, 0.3) is 10.2 Å². The van der Waals surface area contributed by atoms with Crippen LogP contribution in [0.15, 0.2) is 12.7 Å². The van der Waals surface area contributed by atoms with Crippen molar-refractivity contribution in [3.05, 3.63) is 12.7 Å². The van der Waals surface area contributed by atoms with Gasteiger partial charge in [-0.2, -0.15) is 17.4 Å². The average molecular weight is 162 g/mol. The number of hydrogen-bond donors (Lipinski definition) is 1. The Labute approximate surface area is 60.7 Å². The van der Waals surface area contributed by atoms with Crippen LogP contribution in [0.2, 0.25) is 0 Å². The monoisotopic (exact) mass is 162 g/mol. The Morgan fingerprint density at radius 1 is 1.60 bits per heavy atom. The molecule has 0 unspecified atom stereocenters. The van der Waals surface area contributed by atoms with Gasteiger partial charge in [-0.1, -0.05) is 6.08 Å². The van der Waals surface area contributed by atoms with E-state index in [0.717, 1.165) is 0 Å². The van der Waals surface area contributed by atoms with E-state index in [0.29, 0.717) is 19.6 Å². The van der Waals surface area contributed by atoms with Crippen molar-refractivity contribution in [2.45, 2.75) is 0 Å². The van der Waals surface area contributed by atoms with Gasteiger partial charge in [-0.15, -0.1) is 6.58 Å².